The summed E-state index contributed by atoms with van der Waals surface area (Å²) in [5.41, 5.74) is 0. The van der Waals surface area contributed by atoms with Gasteiger partial charge in [-0.2, -0.15) is 0 Å². The minimum atomic E-state index is -1.18. The summed E-state index contributed by atoms with van der Waals surface area (Å²) in [5, 5.41) is 9.36. The fourth-order valence-electron chi connectivity index (χ4n) is 2.20. The minimum absolute atomic E-state index is 0.319. The molecule has 100 valence electrons. The van der Waals surface area contributed by atoms with Gasteiger partial charge in [-0.1, -0.05) is 6.58 Å². The van der Waals surface area contributed by atoms with Gasteiger partial charge < -0.3 is 19.1 Å². The highest BCUT2D eigenvalue weighted by Crippen LogP contribution is 2.17. The second kappa shape index (κ2) is 9.19. The van der Waals surface area contributed by atoms with Crippen LogP contribution in [0.15, 0.2) is 12.7 Å². The van der Waals surface area contributed by atoms with Crippen molar-refractivity contribution in [3.63, 3.8) is 0 Å². The van der Waals surface area contributed by atoms with Crippen molar-refractivity contribution in [3.8, 4) is 0 Å². The van der Waals surface area contributed by atoms with Crippen LogP contribution in [0.2, 0.25) is 0 Å². The lowest BCUT2D eigenvalue weighted by Crippen LogP contribution is -2.51. The lowest BCUT2D eigenvalue weighted by molar-refractivity contribution is -0.925. The first-order chi connectivity index (χ1) is 8.10. The quantitative estimate of drug-likeness (QED) is 0.524. The van der Waals surface area contributed by atoms with Crippen LogP contribution in [0.4, 0.5) is 0 Å². The lowest BCUT2D eigenvalue weighted by atomic mass is 10.1. The number of carbonyl (C=O) groups is 1. The van der Waals surface area contributed by atoms with Crippen molar-refractivity contribution >= 4 is 5.97 Å². The topological polar surface area (TPSA) is 49.4 Å². The SMILES string of the molecule is C=CC[N+]1(CC)CCCCC1.COCC(=O)[O-]. The van der Waals surface area contributed by atoms with Crippen molar-refractivity contribution in [1.29, 1.82) is 0 Å². The fraction of sp³-hybridized carbons (Fsp3) is 0.769. The second-order valence-electron chi connectivity index (χ2n) is 4.44. The standard InChI is InChI=1S/C10H20N.C3H6O3/c1-3-8-11(4-2)9-6-5-7-10-11;1-6-2-3(4)5/h3H,1,4-10H2,2H3;2H2,1H3,(H,4,5)/q+1;/p-1. The van der Waals surface area contributed by atoms with Gasteiger partial charge in [0.15, 0.2) is 0 Å². The van der Waals surface area contributed by atoms with Gasteiger partial charge >= 0.3 is 0 Å². The van der Waals surface area contributed by atoms with E-state index in [0.717, 1.165) is 0 Å². The molecule has 1 heterocycles. The largest absolute Gasteiger partial charge is 0.548 e. The molecule has 17 heavy (non-hydrogen) atoms. The number of carbonyl (C=O) groups excluding carboxylic acids is 1. The number of nitrogens with zero attached hydrogens (tertiary/aromatic N) is 1. The molecule has 0 radical (unpaired) electrons. The first kappa shape index (κ1) is 16.1. The van der Waals surface area contributed by atoms with Crippen molar-refractivity contribution in [1.82, 2.24) is 0 Å². The van der Waals surface area contributed by atoms with Crippen molar-refractivity contribution < 1.29 is 19.1 Å². The summed E-state index contributed by atoms with van der Waals surface area (Å²) >= 11 is 0. The van der Waals surface area contributed by atoms with Gasteiger partial charge in [0.2, 0.25) is 0 Å². The Hall–Kier alpha value is -0.870. The van der Waals surface area contributed by atoms with Crippen molar-refractivity contribution in [2.75, 3.05) is 39.9 Å². The summed E-state index contributed by atoms with van der Waals surface area (Å²) in [5.74, 6) is -1.18. The van der Waals surface area contributed by atoms with E-state index in [1.165, 1.54) is 57.0 Å². The van der Waals surface area contributed by atoms with Crippen LogP contribution in [0, 0.1) is 0 Å². The van der Waals surface area contributed by atoms with Crippen molar-refractivity contribution in [3.05, 3.63) is 12.7 Å². The van der Waals surface area contributed by atoms with Crippen LogP contribution in [0.5, 0.6) is 0 Å². The lowest BCUT2D eigenvalue weighted by Gasteiger charge is -2.39. The number of carboxylic acid groups (broad SMARTS) is 1. The number of likely N-dealkylation sites (tertiary alicyclic amines) is 1. The smallest absolute Gasteiger partial charge is 0.0971 e. The molecule has 0 aromatic rings. The Morgan fingerprint density at radius 1 is 1.41 bits per heavy atom. The summed E-state index contributed by atoms with van der Waals surface area (Å²) in [7, 11) is 1.30. The number of rotatable bonds is 5. The predicted molar refractivity (Wildman–Crippen MR) is 66.3 cm³/mol. The molecule has 0 aromatic carbocycles. The number of aliphatic carboxylic acids is 1. The Kier molecular flexibility index (Phi) is 8.72. The number of likely N-dealkylation sites (N-methyl/N-ethyl adjacent to an activating group) is 1. The summed E-state index contributed by atoms with van der Waals surface area (Å²) < 4.78 is 5.44. The van der Waals surface area contributed by atoms with E-state index < -0.39 is 5.97 Å². The van der Waals surface area contributed by atoms with E-state index in [-0.39, 0.29) is 6.61 Å². The molecule has 1 fully saturated rings. The third-order valence-electron chi connectivity index (χ3n) is 3.21. The van der Waals surface area contributed by atoms with E-state index >= 15 is 0 Å². The van der Waals surface area contributed by atoms with E-state index in [2.05, 4.69) is 24.3 Å². The van der Waals surface area contributed by atoms with Crippen LogP contribution in [0.25, 0.3) is 0 Å². The normalized spacial score (nSPS) is 17.8. The number of quaternary nitrogens is 1. The molecular formula is C13H25NO3. The zero-order valence-electron chi connectivity index (χ0n) is 11.1. The zero-order chi connectivity index (χ0) is 13.1. The third-order valence-corrected chi connectivity index (χ3v) is 3.21. The van der Waals surface area contributed by atoms with Gasteiger partial charge in [-0.3, -0.25) is 0 Å². The Labute approximate surface area is 104 Å². The number of ether oxygens (including phenoxy) is 1. The maximum atomic E-state index is 9.36. The molecule has 0 unspecified atom stereocenters. The maximum absolute atomic E-state index is 9.36. The second-order valence-corrected chi connectivity index (χ2v) is 4.44. The number of methoxy groups -OCH3 is 1. The first-order valence-electron chi connectivity index (χ1n) is 6.25. The fourth-order valence-corrected chi connectivity index (χ4v) is 2.20. The molecule has 4 nitrogen and oxygen atoms in total. The molecule has 0 aromatic heterocycles. The van der Waals surface area contributed by atoms with Gasteiger partial charge in [-0.05, 0) is 32.3 Å². The van der Waals surface area contributed by atoms with Crippen molar-refractivity contribution in [2.45, 2.75) is 26.2 Å². The van der Waals surface area contributed by atoms with E-state index in [4.69, 9.17) is 0 Å². The van der Waals surface area contributed by atoms with Gasteiger partial charge in [-0.15, -0.1) is 0 Å². The molecule has 0 N–H and O–H groups in total. The maximum Gasteiger partial charge on any atom is 0.0971 e. The molecule has 1 aliphatic rings. The average molecular weight is 243 g/mol. The molecule has 0 bridgehead atoms. The van der Waals surface area contributed by atoms with Crippen molar-refractivity contribution in [2.24, 2.45) is 0 Å². The monoisotopic (exact) mass is 243 g/mol. The molecule has 1 rings (SSSR count). The van der Waals surface area contributed by atoms with E-state index in [0.29, 0.717) is 0 Å². The van der Waals surface area contributed by atoms with Gasteiger partial charge in [-0.25, -0.2) is 0 Å². The molecule has 1 aliphatic heterocycles. The minimum Gasteiger partial charge on any atom is -0.548 e. The number of hydrogen-bond donors (Lipinski definition) is 0. The van der Waals surface area contributed by atoms with E-state index in [9.17, 15) is 9.90 Å². The number of piperidine rings is 1. The van der Waals surface area contributed by atoms with Gasteiger partial charge in [0.05, 0.1) is 38.8 Å². The molecule has 0 atom stereocenters. The van der Waals surface area contributed by atoms with Crippen LogP contribution >= 0.6 is 0 Å². The summed E-state index contributed by atoms with van der Waals surface area (Å²) in [4.78, 5) is 9.36. The van der Waals surface area contributed by atoms with E-state index in [1.54, 1.807) is 0 Å². The molecule has 1 saturated heterocycles. The Morgan fingerprint density at radius 2 is 2.00 bits per heavy atom. The van der Waals surface area contributed by atoms with Crippen LogP contribution in [-0.4, -0.2) is 50.3 Å². The highest BCUT2D eigenvalue weighted by Gasteiger charge is 2.25. The summed E-state index contributed by atoms with van der Waals surface area (Å²) in [6.45, 7) is 11.0. The van der Waals surface area contributed by atoms with Crippen LogP contribution in [-0.2, 0) is 9.53 Å². The first-order valence-corrected chi connectivity index (χ1v) is 6.25. The Balaban J connectivity index is 0.000000366. The predicted octanol–water partition coefficient (Wildman–Crippen LogP) is 0.576. The third kappa shape index (κ3) is 7.13. The summed E-state index contributed by atoms with van der Waals surface area (Å²) in [6.07, 6.45) is 6.36. The molecule has 0 saturated carbocycles. The highest BCUT2D eigenvalue weighted by atomic mass is 16.5. The van der Waals surface area contributed by atoms with Gasteiger partial charge in [0.25, 0.3) is 0 Å². The average Bonchev–Trinajstić information content (AvgIpc) is 2.31. The summed E-state index contributed by atoms with van der Waals surface area (Å²) in [6, 6.07) is 0. The molecule has 0 amide bonds. The zero-order valence-corrected chi connectivity index (χ0v) is 11.1. The number of carboxylic acids is 1. The van der Waals surface area contributed by atoms with E-state index in [1.807, 2.05) is 0 Å². The van der Waals surface area contributed by atoms with Crippen LogP contribution < -0.4 is 5.11 Å². The molecule has 0 spiro atoms. The van der Waals surface area contributed by atoms with Crippen LogP contribution in [0.1, 0.15) is 26.2 Å². The number of hydrogen-bond acceptors (Lipinski definition) is 3. The Morgan fingerprint density at radius 3 is 2.29 bits per heavy atom. The molecular weight excluding hydrogens is 218 g/mol. The van der Waals surface area contributed by atoms with Gasteiger partial charge in [0.1, 0.15) is 0 Å². The van der Waals surface area contributed by atoms with Crippen LogP contribution in [0.3, 0.4) is 0 Å². The molecule has 0 aliphatic carbocycles. The van der Waals surface area contributed by atoms with Gasteiger partial charge in [0, 0.05) is 7.11 Å². The Bertz CT molecular complexity index is 223. The highest BCUT2D eigenvalue weighted by molar-refractivity contribution is 5.65. The molecule has 4 heteroatoms.